The first kappa shape index (κ1) is 7.59. The third-order valence-electron chi connectivity index (χ3n) is 2.31. The fraction of sp³-hybridized carbons (Fsp3) is 0.600. The van der Waals surface area contributed by atoms with E-state index < -0.39 is 0 Å². The van der Waals surface area contributed by atoms with E-state index in [2.05, 4.69) is 6.58 Å². The molecule has 0 aliphatic heterocycles. The lowest BCUT2D eigenvalue weighted by Gasteiger charge is -2.21. The van der Waals surface area contributed by atoms with Crippen molar-refractivity contribution < 1.29 is 0 Å². The van der Waals surface area contributed by atoms with Crippen LogP contribution in [-0.4, -0.2) is 0 Å². The van der Waals surface area contributed by atoms with Crippen LogP contribution >= 0.6 is 0 Å². The standard InChI is InChI=1S/C10H15/c1-3-9(2)10-7-5-4-6-8-10/h2-3,10H,1,4-8H2. The molecule has 0 atom stereocenters. The molecule has 0 heteroatoms. The Hall–Kier alpha value is -0.520. The Balaban J connectivity index is 2.38. The van der Waals surface area contributed by atoms with Crippen LogP contribution in [0.1, 0.15) is 32.1 Å². The second kappa shape index (κ2) is 3.60. The molecule has 10 heavy (non-hydrogen) atoms. The van der Waals surface area contributed by atoms with E-state index in [1.54, 1.807) is 6.08 Å². The molecular formula is C10H15. The maximum absolute atomic E-state index is 5.75. The van der Waals surface area contributed by atoms with Crippen LogP contribution in [0.3, 0.4) is 0 Å². The summed E-state index contributed by atoms with van der Waals surface area (Å²) in [4.78, 5) is 0. The maximum Gasteiger partial charge on any atom is -0.0162 e. The van der Waals surface area contributed by atoms with Crippen molar-refractivity contribution in [3.05, 3.63) is 24.8 Å². The first-order valence-electron chi connectivity index (χ1n) is 4.09. The first-order valence-corrected chi connectivity index (χ1v) is 4.09. The molecule has 0 nitrogen and oxygen atoms in total. The Morgan fingerprint density at radius 3 is 2.40 bits per heavy atom. The van der Waals surface area contributed by atoms with E-state index in [4.69, 9.17) is 6.58 Å². The van der Waals surface area contributed by atoms with Gasteiger partial charge < -0.3 is 0 Å². The Morgan fingerprint density at radius 2 is 1.90 bits per heavy atom. The highest BCUT2D eigenvalue weighted by Crippen LogP contribution is 2.28. The number of rotatable bonds is 2. The van der Waals surface area contributed by atoms with E-state index in [0.29, 0.717) is 5.92 Å². The van der Waals surface area contributed by atoms with Gasteiger partial charge in [0.25, 0.3) is 0 Å². The molecule has 1 aliphatic rings. The molecule has 0 aromatic rings. The molecule has 0 amide bonds. The molecule has 0 spiro atoms. The molecule has 0 saturated heterocycles. The molecule has 1 saturated carbocycles. The minimum atomic E-state index is 0.645. The van der Waals surface area contributed by atoms with Crippen molar-refractivity contribution in [1.82, 2.24) is 0 Å². The Kier molecular flexibility index (Phi) is 2.73. The Morgan fingerprint density at radius 1 is 1.30 bits per heavy atom. The first-order chi connectivity index (χ1) is 4.84. The minimum Gasteiger partial charge on any atom is -0.0988 e. The van der Waals surface area contributed by atoms with Crippen molar-refractivity contribution in [3.63, 3.8) is 0 Å². The Bertz CT molecular complexity index is 127. The quantitative estimate of drug-likeness (QED) is 0.510. The summed E-state index contributed by atoms with van der Waals surface area (Å²) in [6, 6.07) is 0. The monoisotopic (exact) mass is 135 g/mol. The molecule has 1 rings (SSSR count). The van der Waals surface area contributed by atoms with Crippen LogP contribution in [0.15, 0.2) is 18.2 Å². The molecule has 0 unspecified atom stereocenters. The molecule has 0 aromatic heterocycles. The van der Waals surface area contributed by atoms with Crippen LogP contribution in [0.4, 0.5) is 0 Å². The van der Waals surface area contributed by atoms with Crippen LogP contribution in [0, 0.1) is 12.5 Å². The van der Waals surface area contributed by atoms with Gasteiger partial charge in [0.1, 0.15) is 0 Å². The van der Waals surface area contributed by atoms with E-state index in [1.807, 2.05) is 0 Å². The lowest BCUT2D eigenvalue weighted by Crippen LogP contribution is -2.06. The normalized spacial score (nSPS) is 20.4. The van der Waals surface area contributed by atoms with Crippen molar-refractivity contribution in [1.29, 1.82) is 0 Å². The molecule has 0 aromatic carbocycles. The molecular weight excluding hydrogens is 120 g/mol. The van der Waals surface area contributed by atoms with Crippen molar-refractivity contribution in [2.45, 2.75) is 32.1 Å². The number of hydrogen-bond donors (Lipinski definition) is 0. The van der Waals surface area contributed by atoms with E-state index >= 15 is 0 Å². The van der Waals surface area contributed by atoms with Gasteiger partial charge in [-0.25, -0.2) is 0 Å². The van der Waals surface area contributed by atoms with Gasteiger partial charge in [-0.3, -0.25) is 0 Å². The van der Waals surface area contributed by atoms with Gasteiger partial charge in [-0.15, -0.1) is 0 Å². The summed E-state index contributed by atoms with van der Waals surface area (Å²) in [7, 11) is 0. The summed E-state index contributed by atoms with van der Waals surface area (Å²) in [6.45, 7) is 9.42. The van der Waals surface area contributed by atoms with Crippen LogP contribution in [-0.2, 0) is 0 Å². The van der Waals surface area contributed by atoms with Crippen LogP contribution in [0.5, 0.6) is 0 Å². The number of hydrogen-bond acceptors (Lipinski definition) is 0. The lowest BCUT2D eigenvalue weighted by molar-refractivity contribution is 0.408. The second-order valence-electron chi connectivity index (χ2n) is 3.04. The van der Waals surface area contributed by atoms with Gasteiger partial charge >= 0.3 is 0 Å². The van der Waals surface area contributed by atoms with Crippen molar-refractivity contribution in [2.75, 3.05) is 0 Å². The van der Waals surface area contributed by atoms with Crippen molar-refractivity contribution in [2.24, 2.45) is 5.92 Å². The average Bonchev–Trinajstić information content (AvgIpc) is 2.05. The van der Waals surface area contributed by atoms with Gasteiger partial charge in [-0.1, -0.05) is 38.5 Å². The smallest absolute Gasteiger partial charge is 0.0162 e. The van der Waals surface area contributed by atoms with Gasteiger partial charge in [0.2, 0.25) is 0 Å². The number of allylic oxidation sites excluding steroid dienone is 2. The summed E-state index contributed by atoms with van der Waals surface area (Å²) < 4.78 is 0. The molecule has 0 bridgehead atoms. The maximum atomic E-state index is 5.75. The zero-order valence-electron chi connectivity index (χ0n) is 6.47. The Labute approximate surface area is 63.6 Å². The SMILES string of the molecule is [CH]=C(C=C)C1CCCCC1. The minimum absolute atomic E-state index is 0.645. The molecule has 1 radical (unpaired) electrons. The van der Waals surface area contributed by atoms with Gasteiger partial charge in [0.05, 0.1) is 0 Å². The molecule has 55 valence electrons. The predicted molar refractivity (Wildman–Crippen MR) is 44.6 cm³/mol. The van der Waals surface area contributed by atoms with Crippen molar-refractivity contribution >= 4 is 0 Å². The lowest BCUT2D eigenvalue weighted by atomic mass is 9.84. The van der Waals surface area contributed by atoms with Crippen LogP contribution < -0.4 is 0 Å². The largest absolute Gasteiger partial charge is 0.0988 e. The fourth-order valence-corrected chi connectivity index (χ4v) is 1.60. The molecule has 1 fully saturated rings. The van der Waals surface area contributed by atoms with Gasteiger partial charge in [0, 0.05) is 0 Å². The molecule has 0 N–H and O–H groups in total. The predicted octanol–water partition coefficient (Wildman–Crippen LogP) is 3.11. The topological polar surface area (TPSA) is 0 Å². The third kappa shape index (κ3) is 1.73. The molecule has 1 aliphatic carbocycles. The van der Waals surface area contributed by atoms with Gasteiger partial charge in [0.15, 0.2) is 0 Å². The summed E-state index contributed by atoms with van der Waals surface area (Å²) in [5.41, 5.74) is 1.000. The third-order valence-corrected chi connectivity index (χ3v) is 2.31. The fourth-order valence-electron chi connectivity index (χ4n) is 1.60. The van der Waals surface area contributed by atoms with Crippen molar-refractivity contribution in [3.8, 4) is 0 Å². The van der Waals surface area contributed by atoms with E-state index in [9.17, 15) is 0 Å². The highest BCUT2D eigenvalue weighted by molar-refractivity contribution is 5.13. The average molecular weight is 135 g/mol. The summed E-state index contributed by atoms with van der Waals surface area (Å²) in [5, 5.41) is 0. The van der Waals surface area contributed by atoms with E-state index in [0.717, 1.165) is 5.57 Å². The van der Waals surface area contributed by atoms with E-state index in [-0.39, 0.29) is 0 Å². The summed E-state index contributed by atoms with van der Waals surface area (Å²) in [6.07, 6.45) is 8.44. The molecule has 0 heterocycles. The van der Waals surface area contributed by atoms with Crippen LogP contribution in [0.25, 0.3) is 0 Å². The van der Waals surface area contributed by atoms with Gasteiger partial charge in [-0.05, 0) is 24.3 Å². The summed E-state index contributed by atoms with van der Waals surface area (Å²) >= 11 is 0. The van der Waals surface area contributed by atoms with E-state index in [1.165, 1.54) is 32.1 Å². The highest BCUT2D eigenvalue weighted by atomic mass is 14.2. The zero-order chi connectivity index (χ0) is 7.40. The van der Waals surface area contributed by atoms with Gasteiger partial charge in [-0.2, -0.15) is 0 Å². The van der Waals surface area contributed by atoms with Crippen LogP contribution in [0.2, 0.25) is 0 Å². The highest BCUT2D eigenvalue weighted by Gasteiger charge is 2.13. The summed E-state index contributed by atoms with van der Waals surface area (Å²) in [5.74, 6) is 0.645. The zero-order valence-corrected chi connectivity index (χ0v) is 6.47. The second-order valence-corrected chi connectivity index (χ2v) is 3.04.